The van der Waals surface area contributed by atoms with E-state index in [0.717, 1.165) is 35.1 Å². The molecule has 1 amide bonds. The van der Waals surface area contributed by atoms with Gasteiger partial charge in [-0.15, -0.1) is 11.3 Å². The van der Waals surface area contributed by atoms with Gasteiger partial charge in [0, 0.05) is 16.5 Å². The van der Waals surface area contributed by atoms with E-state index in [-0.39, 0.29) is 17.0 Å². The first-order valence-electron chi connectivity index (χ1n) is 9.31. The average molecular weight is 425 g/mol. The lowest BCUT2D eigenvalue weighted by atomic mass is 9.99. The number of hydrogen-bond acceptors (Lipinski definition) is 4. The van der Waals surface area contributed by atoms with E-state index in [2.05, 4.69) is 0 Å². The van der Waals surface area contributed by atoms with Crippen molar-refractivity contribution >= 4 is 34.5 Å². The molecule has 0 saturated carbocycles. The van der Waals surface area contributed by atoms with Crippen molar-refractivity contribution in [1.82, 2.24) is 0 Å². The molecule has 0 aliphatic carbocycles. The van der Waals surface area contributed by atoms with Crippen LogP contribution in [0.15, 0.2) is 65.6 Å². The number of benzene rings is 2. The van der Waals surface area contributed by atoms with E-state index >= 15 is 0 Å². The molecule has 152 valence electrons. The zero-order valence-corrected chi connectivity index (χ0v) is 16.7. The molecular weight excluding hydrogens is 408 g/mol. The normalized spacial score (nSPS) is 18.2. The number of aliphatic hydroxyl groups is 1. The summed E-state index contributed by atoms with van der Waals surface area (Å²) < 4.78 is 28.4. The number of carbonyl (C=O) groups is 2. The number of thiophene rings is 1. The van der Waals surface area contributed by atoms with E-state index in [0.29, 0.717) is 10.4 Å². The van der Waals surface area contributed by atoms with Gasteiger partial charge in [0.25, 0.3) is 11.7 Å². The number of aliphatic hydroxyl groups excluding tert-OH is 1. The van der Waals surface area contributed by atoms with E-state index in [1.807, 2.05) is 19.1 Å². The van der Waals surface area contributed by atoms with Crippen molar-refractivity contribution in [3.05, 3.63) is 93.2 Å². The predicted molar refractivity (Wildman–Crippen MR) is 111 cm³/mol. The molecule has 4 nitrogen and oxygen atoms in total. The number of halogens is 2. The van der Waals surface area contributed by atoms with Crippen LogP contribution in [0.4, 0.5) is 14.5 Å². The van der Waals surface area contributed by atoms with Crippen LogP contribution in [0.5, 0.6) is 0 Å². The molecule has 1 fully saturated rings. The Morgan fingerprint density at radius 2 is 1.83 bits per heavy atom. The summed E-state index contributed by atoms with van der Waals surface area (Å²) in [5.74, 6) is -3.91. The van der Waals surface area contributed by atoms with Crippen LogP contribution in [-0.4, -0.2) is 16.8 Å². The van der Waals surface area contributed by atoms with Crippen molar-refractivity contribution in [2.75, 3.05) is 4.90 Å². The maximum atomic E-state index is 14.5. The van der Waals surface area contributed by atoms with E-state index in [1.165, 1.54) is 11.3 Å². The van der Waals surface area contributed by atoms with E-state index in [4.69, 9.17) is 0 Å². The highest BCUT2D eigenvalue weighted by atomic mass is 32.1. The maximum absolute atomic E-state index is 14.5. The van der Waals surface area contributed by atoms with Crippen molar-refractivity contribution < 1.29 is 23.5 Å². The van der Waals surface area contributed by atoms with Gasteiger partial charge in [-0.2, -0.15) is 0 Å². The number of ketones is 1. The Morgan fingerprint density at radius 1 is 1.10 bits per heavy atom. The Balaban J connectivity index is 1.92. The second-order valence-corrected chi connectivity index (χ2v) is 7.81. The third-order valence-electron chi connectivity index (χ3n) is 5.06. The Bertz CT molecular complexity index is 1150. The van der Waals surface area contributed by atoms with Crippen LogP contribution in [0.2, 0.25) is 0 Å². The molecule has 2 heterocycles. The fourth-order valence-corrected chi connectivity index (χ4v) is 4.34. The second kappa shape index (κ2) is 7.84. The van der Waals surface area contributed by atoms with Gasteiger partial charge in [-0.1, -0.05) is 37.3 Å². The molecular formula is C23H17F2NO3S. The SMILES string of the molecule is CCc1ccc(/C(O)=C2/C(=O)C(=O)N(c3cc(F)ccc3F)C2c2cccs2)cc1. The molecule has 0 radical (unpaired) electrons. The van der Waals surface area contributed by atoms with Gasteiger partial charge in [0.15, 0.2) is 0 Å². The predicted octanol–water partition coefficient (Wildman–Crippen LogP) is 5.22. The standard InChI is InChI=1S/C23H17F2NO3S/c1-2-13-5-7-14(8-6-13)21(27)19-20(18-4-3-11-30-18)26(23(29)22(19)28)17-12-15(24)9-10-16(17)25/h3-12,20,27H,2H2,1H3/b21-19-. The summed E-state index contributed by atoms with van der Waals surface area (Å²) in [6, 6.07) is 12.0. The lowest BCUT2D eigenvalue weighted by Gasteiger charge is -2.24. The zero-order chi connectivity index (χ0) is 21.4. The lowest BCUT2D eigenvalue weighted by Crippen LogP contribution is -2.30. The minimum absolute atomic E-state index is 0.157. The van der Waals surface area contributed by atoms with Gasteiger partial charge in [-0.05, 0) is 35.6 Å². The molecule has 4 rings (SSSR count). The monoisotopic (exact) mass is 425 g/mol. The summed E-state index contributed by atoms with van der Waals surface area (Å²) in [6.07, 6.45) is 0.805. The van der Waals surface area contributed by atoms with Crippen LogP contribution in [0.25, 0.3) is 5.76 Å². The minimum atomic E-state index is -1.06. The van der Waals surface area contributed by atoms with Crippen molar-refractivity contribution in [1.29, 1.82) is 0 Å². The molecule has 0 spiro atoms. The number of nitrogens with zero attached hydrogens (tertiary/aromatic N) is 1. The van der Waals surface area contributed by atoms with Gasteiger partial charge >= 0.3 is 0 Å². The minimum Gasteiger partial charge on any atom is -0.507 e. The third-order valence-corrected chi connectivity index (χ3v) is 5.99. The first-order chi connectivity index (χ1) is 14.4. The number of anilines is 1. The number of aryl methyl sites for hydroxylation is 1. The van der Waals surface area contributed by atoms with Gasteiger partial charge < -0.3 is 5.11 Å². The summed E-state index contributed by atoms with van der Waals surface area (Å²) in [5.41, 5.74) is 0.904. The van der Waals surface area contributed by atoms with Crippen LogP contribution in [0.1, 0.15) is 29.0 Å². The summed E-state index contributed by atoms with van der Waals surface area (Å²) in [5, 5.41) is 12.7. The molecule has 1 unspecified atom stereocenters. The highest BCUT2D eigenvalue weighted by Crippen LogP contribution is 2.44. The molecule has 3 aromatic rings. The van der Waals surface area contributed by atoms with E-state index in [9.17, 15) is 23.5 Å². The lowest BCUT2D eigenvalue weighted by molar-refractivity contribution is -0.132. The third kappa shape index (κ3) is 3.31. The van der Waals surface area contributed by atoms with Crippen LogP contribution in [0.3, 0.4) is 0 Å². The Kier molecular flexibility index (Phi) is 5.22. The van der Waals surface area contributed by atoms with Crippen molar-refractivity contribution in [3.63, 3.8) is 0 Å². The average Bonchev–Trinajstić information content (AvgIpc) is 3.37. The molecule has 1 atom stereocenters. The number of amides is 1. The first-order valence-corrected chi connectivity index (χ1v) is 10.2. The van der Waals surface area contributed by atoms with Gasteiger partial charge in [0.1, 0.15) is 23.4 Å². The Morgan fingerprint density at radius 3 is 2.47 bits per heavy atom. The smallest absolute Gasteiger partial charge is 0.300 e. The van der Waals surface area contributed by atoms with Crippen molar-refractivity contribution in [2.24, 2.45) is 0 Å². The summed E-state index contributed by atoms with van der Waals surface area (Å²) in [7, 11) is 0. The molecule has 1 saturated heterocycles. The van der Waals surface area contributed by atoms with Crippen LogP contribution >= 0.6 is 11.3 Å². The molecule has 1 N–H and O–H groups in total. The molecule has 0 bridgehead atoms. The molecule has 1 aliphatic heterocycles. The van der Waals surface area contributed by atoms with Crippen LogP contribution in [0, 0.1) is 11.6 Å². The van der Waals surface area contributed by atoms with E-state index < -0.39 is 29.4 Å². The summed E-state index contributed by atoms with van der Waals surface area (Å²) >= 11 is 1.25. The fourth-order valence-electron chi connectivity index (χ4n) is 3.52. The van der Waals surface area contributed by atoms with Gasteiger partial charge in [-0.3, -0.25) is 14.5 Å². The largest absolute Gasteiger partial charge is 0.507 e. The fraction of sp³-hybridized carbons (Fsp3) is 0.130. The topological polar surface area (TPSA) is 57.6 Å². The zero-order valence-electron chi connectivity index (χ0n) is 15.9. The van der Waals surface area contributed by atoms with Gasteiger partial charge in [-0.25, -0.2) is 8.78 Å². The number of hydrogen-bond donors (Lipinski definition) is 1. The van der Waals surface area contributed by atoms with Gasteiger partial charge in [0.05, 0.1) is 11.3 Å². The highest BCUT2D eigenvalue weighted by molar-refractivity contribution is 7.10. The van der Waals surface area contributed by atoms with Crippen molar-refractivity contribution in [2.45, 2.75) is 19.4 Å². The molecule has 30 heavy (non-hydrogen) atoms. The summed E-state index contributed by atoms with van der Waals surface area (Å²) in [4.78, 5) is 27.2. The highest BCUT2D eigenvalue weighted by Gasteiger charge is 2.48. The van der Waals surface area contributed by atoms with E-state index in [1.54, 1.807) is 29.6 Å². The maximum Gasteiger partial charge on any atom is 0.300 e. The second-order valence-electron chi connectivity index (χ2n) is 6.83. The molecule has 1 aliphatic rings. The quantitative estimate of drug-likeness (QED) is 0.354. The number of rotatable bonds is 4. The first kappa shape index (κ1) is 20.0. The Labute approximate surface area is 175 Å². The summed E-state index contributed by atoms with van der Waals surface area (Å²) in [6.45, 7) is 1.99. The van der Waals surface area contributed by atoms with Gasteiger partial charge in [0.2, 0.25) is 0 Å². The van der Waals surface area contributed by atoms with Crippen LogP contribution in [-0.2, 0) is 16.0 Å². The van der Waals surface area contributed by atoms with Crippen LogP contribution < -0.4 is 4.90 Å². The molecule has 2 aromatic carbocycles. The number of Topliss-reactive ketones (excluding diaryl/α,β-unsaturated/α-hetero) is 1. The number of carbonyl (C=O) groups excluding carboxylic acids is 2. The van der Waals surface area contributed by atoms with Crippen molar-refractivity contribution in [3.8, 4) is 0 Å². The molecule has 7 heteroatoms. The molecule has 1 aromatic heterocycles. The Hall–Kier alpha value is -3.32.